The molecule has 1 atom stereocenters. The van der Waals surface area contributed by atoms with Crippen LogP contribution in [0.3, 0.4) is 0 Å². The SMILES string of the molecule is COc1ncnc(OC)c1C(=O)N[C@@H]1CCNC1. The van der Waals surface area contributed by atoms with E-state index in [1.807, 2.05) is 0 Å². The first-order valence-corrected chi connectivity index (χ1v) is 5.70. The predicted molar refractivity (Wildman–Crippen MR) is 63.9 cm³/mol. The van der Waals surface area contributed by atoms with Crippen LogP contribution in [0.4, 0.5) is 0 Å². The van der Waals surface area contributed by atoms with Gasteiger partial charge in [-0.15, -0.1) is 0 Å². The fourth-order valence-corrected chi connectivity index (χ4v) is 1.89. The second kappa shape index (κ2) is 5.63. The molecule has 0 spiro atoms. The number of amides is 1. The van der Waals surface area contributed by atoms with Crippen LogP contribution in [0.25, 0.3) is 0 Å². The van der Waals surface area contributed by atoms with E-state index in [1.165, 1.54) is 20.5 Å². The maximum atomic E-state index is 12.2. The number of nitrogens with zero attached hydrogens (tertiary/aromatic N) is 2. The molecule has 1 aliphatic heterocycles. The van der Waals surface area contributed by atoms with E-state index in [4.69, 9.17) is 9.47 Å². The van der Waals surface area contributed by atoms with E-state index in [1.54, 1.807) is 0 Å². The molecule has 1 aromatic rings. The number of carbonyl (C=O) groups is 1. The molecule has 18 heavy (non-hydrogen) atoms. The first-order valence-electron chi connectivity index (χ1n) is 5.70. The molecule has 0 aliphatic carbocycles. The summed E-state index contributed by atoms with van der Waals surface area (Å²) in [7, 11) is 2.91. The minimum absolute atomic E-state index is 0.118. The molecule has 1 fully saturated rings. The summed E-state index contributed by atoms with van der Waals surface area (Å²) in [6, 6.07) is 0.118. The van der Waals surface area contributed by atoms with Crippen molar-refractivity contribution >= 4 is 5.91 Å². The monoisotopic (exact) mass is 252 g/mol. The smallest absolute Gasteiger partial charge is 0.262 e. The zero-order valence-corrected chi connectivity index (χ0v) is 10.4. The molecule has 1 aromatic heterocycles. The van der Waals surface area contributed by atoms with E-state index in [0.717, 1.165) is 19.5 Å². The van der Waals surface area contributed by atoms with Crippen LogP contribution in [0.2, 0.25) is 0 Å². The highest BCUT2D eigenvalue weighted by atomic mass is 16.5. The van der Waals surface area contributed by atoms with Crippen molar-refractivity contribution in [3.05, 3.63) is 11.9 Å². The van der Waals surface area contributed by atoms with E-state index in [0.29, 0.717) is 0 Å². The fraction of sp³-hybridized carbons (Fsp3) is 0.545. The van der Waals surface area contributed by atoms with Gasteiger partial charge in [-0.05, 0) is 13.0 Å². The molecule has 1 amide bonds. The van der Waals surface area contributed by atoms with Gasteiger partial charge < -0.3 is 20.1 Å². The molecule has 7 nitrogen and oxygen atoms in total. The molecule has 2 rings (SSSR count). The highest BCUT2D eigenvalue weighted by Crippen LogP contribution is 2.23. The van der Waals surface area contributed by atoms with Crippen LogP contribution in [-0.2, 0) is 0 Å². The van der Waals surface area contributed by atoms with Crippen LogP contribution in [0.5, 0.6) is 11.8 Å². The standard InChI is InChI=1S/C11H16N4O3/c1-17-10-8(11(18-2)14-6-13-10)9(16)15-7-3-4-12-5-7/h6-7,12H,3-5H2,1-2H3,(H,15,16)/t7-/m1/s1. The van der Waals surface area contributed by atoms with Crippen molar-refractivity contribution in [2.45, 2.75) is 12.5 Å². The highest BCUT2D eigenvalue weighted by molar-refractivity contribution is 5.98. The van der Waals surface area contributed by atoms with Crippen LogP contribution in [0.1, 0.15) is 16.8 Å². The first-order chi connectivity index (χ1) is 8.76. The van der Waals surface area contributed by atoms with Crippen molar-refractivity contribution in [3.63, 3.8) is 0 Å². The average Bonchev–Trinajstić information content (AvgIpc) is 2.90. The Balaban J connectivity index is 2.21. The zero-order valence-electron chi connectivity index (χ0n) is 10.4. The topological polar surface area (TPSA) is 85.4 Å². The first kappa shape index (κ1) is 12.6. The van der Waals surface area contributed by atoms with Crippen LogP contribution >= 0.6 is 0 Å². The highest BCUT2D eigenvalue weighted by Gasteiger charge is 2.24. The largest absolute Gasteiger partial charge is 0.480 e. The summed E-state index contributed by atoms with van der Waals surface area (Å²) in [6.45, 7) is 1.68. The molecule has 7 heteroatoms. The average molecular weight is 252 g/mol. The van der Waals surface area contributed by atoms with Gasteiger partial charge in [0, 0.05) is 12.6 Å². The summed E-state index contributed by atoms with van der Waals surface area (Å²) in [5.74, 6) is 0.147. The Hall–Kier alpha value is -1.89. The summed E-state index contributed by atoms with van der Waals surface area (Å²) >= 11 is 0. The van der Waals surface area contributed by atoms with Gasteiger partial charge >= 0.3 is 0 Å². The van der Waals surface area contributed by atoms with E-state index < -0.39 is 0 Å². The lowest BCUT2D eigenvalue weighted by Crippen LogP contribution is -2.36. The van der Waals surface area contributed by atoms with Gasteiger partial charge in [-0.2, -0.15) is 0 Å². The van der Waals surface area contributed by atoms with Crippen molar-refractivity contribution < 1.29 is 14.3 Å². The van der Waals surface area contributed by atoms with Crippen LogP contribution in [0, 0.1) is 0 Å². The molecule has 98 valence electrons. The number of nitrogens with one attached hydrogen (secondary N) is 2. The Morgan fingerprint density at radius 2 is 2.06 bits per heavy atom. The molecular weight excluding hydrogens is 236 g/mol. The molecule has 0 aromatic carbocycles. The molecule has 1 saturated heterocycles. The molecule has 0 radical (unpaired) electrons. The van der Waals surface area contributed by atoms with Gasteiger partial charge in [0.05, 0.1) is 14.2 Å². The maximum Gasteiger partial charge on any atom is 0.262 e. The number of ether oxygens (including phenoxy) is 2. The number of rotatable bonds is 4. The number of carbonyl (C=O) groups excluding carboxylic acids is 1. The second-order valence-electron chi connectivity index (χ2n) is 3.93. The third kappa shape index (κ3) is 2.51. The van der Waals surface area contributed by atoms with Gasteiger partial charge in [-0.25, -0.2) is 9.97 Å². The van der Waals surface area contributed by atoms with Crippen LogP contribution in [0.15, 0.2) is 6.33 Å². The Kier molecular flexibility index (Phi) is 3.93. The minimum Gasteiger partial charge on any atom is -0.480 e. The summed E-state index contributed by atoms with van der Waals surface area (Å²) in [4.78, 5) is 20.0. The van der Waals surface area contributed by atoms with Gasteiger partial charge in [0.2, 0.25) is 11.8 Å². The lowest BCUT2D eigenvalue weighted by atomic mass is 10.2. The Bertz CT molecular complexity index is 410. The Morgan fingerprint density at radius 1 is 1.39 bits per heavy atom. The molecule has 2 N–H and O–H groups in total. The number of methoxy groups -OCH3 is 2. The van der Waals surface area contributed by atoms with E-state index in [2.05, 4.69) is 20.6 Å². The summed E-state index contributed by atoms with van der Waals surface area (Å²) < 4.78 is 10.1. The Labute approximate surface area is 105 Å². The summed E-state index contributed by atoms with van der Waals surface area (Å²) in [6.07, 6.45) is 2.20. The normalized spacial score (nSPS) is 18.4. The fourth-order valence-electron chi connectivity index (χ4n) is 1.89. The van der Waals surface area contributed by atoms with Crippen molar-refractivity contribution in [3.8, 4) is 11.8 Å². The van der Waals surface area contributed by atoms with Gasteiger partial charge in [0.25, 0.3) is 5.91 Å². The molecule has 0 saturated carbocycles. The van der Waals surface area contributed by atoms with Crippen LogP contribution < -0.4 is 20.1 Å². The zero-order chi connectivity index (χ0) is 13.0. The molecule has 0 bridgehead atoms. The van der Waals surface area contributed by atoms with Gasteiger partial charge in [-0.1, -0.05) is 0 Å². The maximum absolute atomic E-state index is 12.2. The molecular formula is C11H16N4O3. The molecule has 2 heterocycles. The molecule has 1 aliphatic rings. The van der Waals surface area contributed by atoms with E-state index in [-0.39, 0.29) is 29.3 Å². The quantitative estimate of drug-likeness (QED) is 0.757. The summed E-state index contributed by atoms with van der Waals surface area (Å²) in [5.41, 5.74) is 0.231. The van der Waals surface area contributed by atoms with E-state index in [9.17, 15) is 4.79 Å². The molecule has 0 unspecified atom stereocenters. The minimum atomic E-state index is -0.280. The number of hydrogen-bond acceptors (Lipinski definition) is 6. The lowest BCUT2D eigenvalue weighted by Gasteiger charge is -2.14. The Morgan fingerprint density at radius 3 is 2.56 bits per heavy atom. The van der Waals surface area contributed by atoms with Gasteiger partial charge in [-0.3, -0.25) is 4.79 Å². The van der Waals surface area contributed by atoms with Crippen molar-refractivity contribution in [1.82, 2.24) is 20.6 Å². The van der Waals surface area contributed by atoms with Crippen molar-refractivity contribution in [1.29, 1.82) is 0 Å². The van der Waals surface area contributed by atoms with E-state index >= 15 is 0 Å². The van der Waals surface area contributed by atoms with Gasteiger partial charge in [0.15, 0.2) is 5.56 Å². The number of aromatic nitrogens is 2. The number of hydrogen-bond donors (Lipinski definition) is 2. The lowest BCUT2D eigenvalue weighted by molar-refractivity contribution is 0.0932. The summed E-state index contributed by atoms with van der Waals surface area (Å²) in [5, 5.41) is 6.08. The van der Waals surface area contributed by atoms with Crippen LogP contribution in [-0.4, -0.2) is 49.2 Å². The van der Waals surface area contributed by atoms with Crippen molar-refractivity contribution in [2.24, 2.45) is 0 Å². The third-order valence-corrected chi connectivity index (χ3v) is 2.79. The third-order valence-electron chi connectivity index (χ3n) is 2.79. The predicted octanol–water partition coefficient (Wildman–Crippen LogP) is -0.414. The van der Waals surface area contributed by atoms with Crippen molar-refractivity contribution in [2.75, 3.05) is 27.3 Å². The van der Waals surface area contributed by atoms with Gasteiger partial charge in [0.1, 0.15) is 6.33 Å². The second-order valence-corrected chi connectivity index (χ2v) is 3.93.